The molecule has 0 aromatic heterocycles. The van der Waals surface area contributed by atoms with Gasteiger partial charge in [0.15, 0.2) is 6.61 Å². The molecule has 0 unspecified atom stereocenters. The molecule has 124 valence electrons. The van der Waals surface area contributed by atoms with Crippen molar-refractivity contribution in [2.24, 2.45) is 0 Å². The van der Waals surface area contributed by atoms with Crippen molar-refractivity contribution in [2.45, 2.75) is 25.0 Å². The fraction of sp³-hybridized carbons (Fsp3) is 0.467. The van der Waals surface area contributed by atoms with Gasteiger partial charge in [0.25, 0.3) is 5.91 Å². The van der Waals surface area contributed by atoms with Crippen LogP contribution in [0.3, 0.4) is 0 Å². The van der Waals surface area contributed by atoms with Gasteiger partial charge in [-0.1, -0.05) is 0 Å². The van der Waals surface area contributed by atoms with Crippen LogP contribution >= 0.6 is 0 Å². The number of amides is 2. The Bertz CT molecular complexity index is 620. The van der Waals surface area contributed by atoms with Crippen molar-refractivity contribution in [3.63, 3.8) is 0 Å². The summed E-state index contributed by atoms with van der Waals surface area (Å²) in [5.74, 6) is 0.318. The van der Waals surface area contributed by atoms with Gasteiger partial charge in [-0.05, 0) is 31.0 Å². The average Bonchev–Trinajstić information content (AvgIpc) is 2.92. The number of anilines is 2. The Labute approximate surface area is 132 Å². The number of nitrogens with one attached hydrogen (secondary N) is 1. The van der Waals surface area contributed by atoms with Gasteiger partial charge in [0.05, 0.1) is 24.9 Å². The summed E-state index contributed by atoms with van der Waals surface area (Å²) >= 11 is 0. The normalized spacial score (nSPS) is 21.3. The number of hydrogen-bond acceptors (Lipinski definition) is 6. The highest BCUT2D eigenvalue weighted by Gasteiger charge is 2.33. The van der Waals surface area contributed by atoms with Gasteiger partial charge in [0.2, 0.25) is 0 Å². The van der Waals surface area contributed by atoms with E-state index in [0.717, 1.165) is 0 Å². The molecule has 2 aliphatic rings. The number of aliphatic hydroxyl groups excluding tert-OH is 2. The summed E-state index contributed by atoms with van der Waals surface area (Å²) in [6.45, 7) is 0.0207. The van der Waals surface area contributed by atoms with Crippen molar-refractivity contribution in [1.82, 2.24) is 0 Å². The van der Waals surface area contributed by atoms with Gasteiger partial charge in [0, 0.05) is 5.69 Å². The highest BCUT2D eigenvalue weighted by molar-refractivity contribution is 5.97. The zero-order valence-corrected chi connectivity index (χ0v) is 12.4. The SMILES string of the molecule is O=C1COc2ccc(N3C[C@H](CC[C@H](O)CO)OC3=O)cc2N1. The molecule has 2 aliphatic heterocycles. The molecule has 8 heteroatoms. The highest BCUT2D eigenvalue weighted by atomic mass is 16.6. The van der Waals surface area contributed by atoms with Gasteiger partial charge in [-0.15, -0.1) is 0 Å². The van der Waals surface area contributed by atoms with Crippen LogP contribution < -0.4 is 15.0 Å². The van der Waals surface area contributed by atoms with Crippen LogP contribution in [-0.2, 0) is 9.53 Å². The maximum absolute atomic E-state index is 12.0. The second kappa shape index (κ2) is 6.43. The Morgan fingerprint density at radius 1 is 1.39 bits per heavy atom. The number of rotatable bonds is 5. The molecule has 0 spiro atoms. The first kappa shape index (κ1) is 15.6. The number of carbonyl (C=O) groups excluding carboxylic acids is 2. The predicted molar refractivity (Wildman–Crippen MR) is 80.5 cm³/mol. The first-order valence-electron chi connectivity index (χ1n) is 7.40. The molecule has 8 nitrogen and oxygen atoms in total. The van der Waals surface area contributed by atoms with Crippen LogP contribution in [0.15, 0.2) is 18.2 Å². The second-order valence-electron chi connectivity index (χ2n) is 5.55. The molecule has 23 heavy (non-hydrogen) atoms. The summed E-state index contributed by atoms with van der Waals surface area (Å²) in [6.07, 6.45) is -0.800. The molecule has 3 rings (SSSR count). The first-order valence-corrected chi connectivity index (χ1v) is 7.40. The Morgan fingerprint density at radius 3 is 3.00 bits per heavy atom. The molecule has 0 saturated carbocycles. The van der Waals surface area contributed by atoms with Gasteiger partial charge in [-0.3, -0.25) is 9.69 Å². The number of ether oxygens (including phenoxy) is 2. The summed E-state index contributed by atoms with van der Waals surface area (Å²) in [7, 11) is 0. The molecule has 0 bridgehead atoms. The van der Waals surface area contributed by atoms with Crippen molar-refractivity contribution in [1.29, 1.82) is 0 Å². The van der Waals surface area contributed by atoms with E-state index in [0.29, 0.717) is 36.5 Å². The van der Waals surface area contributed by atoms with E-state index in [1.54, 1.807) is 18.2 Å². The van der Waals surface area contributed by atoms with Crippen molar-refractivity contribution in [3.05, 3.63) is 18.2 Å². The van der Waals surface area contributed by atoms with Crippen LogP contribution in [0.5, 0.6) is 5.75 Å². The number of aliphatic hydroxyl groups is 2. The Morgan fingerprint density at radius 2 is 2.22 bits per heavy atom. The van der Waals surface area contributed by atoms with Crippen LogP contribution in [-0.4, -0.2) is 54.2 Å². The molecule has 0 aliphatic carbocycles. The maximum atomic E-state index is 12.0. The lowest BCUT2D eigenvalue weighted by Crippen LogP contribution is -2.27. The molecule has 2 amide bonds. The smallest absolute Gasteiger partial charge is 0.414 e. The number of benzene rings is 1. The van der Waals surface area contributed by atoms with Crippen molar-refractivity contribution in [3.8, 4) is 5.75 Å². The van der Waals surface area contributed by atoms with Crippen LogP contribution in [0.2, 0.25) is 0 Å². The number of fused-ring (bicyclic) bond motifs is 1. The molecule has 0 radical (unpaired) electrons. The van der Waals surface area contributed by atoms with E-state index >= 15 is 0 Å². The number of cyclic esters (lactones) is 1. The second-order valence-corrected chi connectivity index (χ2v) is 5.55. The largest absolute Gasteiger partial charge is 0.482 e. The van der Waals surface area contributed by atoms with Crippen LogP contribution in [0, 0.1) is 0 Å². The van der Waals surface area contributed by atoms with Crippen molar-refractivity contribution in [2.75, 3.05) is 30.0 Å². The fourth-order valence-corrected chi connectivity index (χ4v) is 2.59. The summed E-state index contributed by atoms with van der Waals surface area (Å²) in [5.41, 5.74) is 1.12. The van der Waals surface area contributed by atoms with Crippen molar-refractivity contribution < 1.29 is 29.3 Å². The van der Waals surface area contributed by atoms with E-state index < -0.39 is 12.2 Å². The van der Waals surface area contributed by atoms with Gasteiger partial charge in [-0.2, -0.15) is 0 Å². The maximum Gasteiger partial charge on any atom is 0.414 e. The topological polar surface area (TPSA) is 108 Å². The Balaban J connectivity index is 1.68. The molecule has 3 N–H and O–H groups in total. The number of carbonyl (C=O) groups is 2. The minimum absolute atomic E-state index is 0.0205. The van der Waals surface area contributed by atoms with E-state index in [1.165, 1.54) is 4.90 Å². The summed E-state index contributed by atoms with van der Waals surface area (Å²) < 4.78 is 10.5. The number of nitrogens with zero attached hydrogens (tertiary/aromatic N) is 1. The molecule has 1 aromatic rings. The average molecular weight is 322 g/mol. The Kier molecular flexibility index (Phi) is 4.35. The quantitative estimate of drug-likeness (QED) is 0.727. The van der Waals surface area contributed by atoms with Crippen LogP contribution in [0.1, 0.15) is 12.8 Å². The monoisotopic (exact) mass is 322 g/mol. The highest BCUT2D eigenvalue weighted by Crippen LogP contribution is 2.33. The van der Waals surface area contributed by atoms with E-state index in [1.807, 2.05) is 0 Å². The standard InChI is InChI=1S/C15H18N2O6/c18-7-10(19)2-3-11-6-17(15(21)23-11)9-1-4-13-12(5-9)16-14(20)8-22-13/h1,4-5,10-11,18-19H,2-3,6-8H2,(H,16,20)/t10-,11-/m0/s1. The molecule has 1 aromatic carbocycles. The van der Waals surface area contributed by atoms with Crippen LogP contribution in [0.25, 0.3) is 0 Å². The molecular formula is C15H18N2O6. The molecule has 2 atom stereocenters. The summed E-state index contributed by atoms with van der Waals surface area (Å²) in [6, 6.07) is 5.08. The van der Waals surface area contributed by atoms with Gasteiger partial charge < -0.3 is 25.0 Å². The molecule has 1 fully saturated rings. The fourth-order valence-electron chi connectivity index (χ4n) is 2.59. The lowest BCUT2D eigenvalue weighted by atomic mass is 10.1. The van der Waals surface area contributed by atoms with E-state index in [9.17, 15) is 14.7 Å². The van der Waals surface area contributed by atoms with E-state index in [4.69, 9.17) is 14.6 Å². The minimum atomic E-state index is -0.807. The predicted octanol–water partition coefficient (Wildman–Crippen LogP) is 0.476. The third-order valence-electron chi connectivity index (χ3n) is 3.81. The molecular weight excluding hydrogens is 304 g/mol. The van der Waals surface area contributed by atoms with E-state index in [2.05, 4.69) is 5.32 Å². The van der Waals surface area contributed by atoms with Gasteiger partial charge >= 0.3 is 6.09 Å². The van der Waals surface area contributed by atoms with Crippen molar-refractivity contribution >= 4 is 23.4 Å². The zero-order chi connectivity index (χ0) is 16.4. The lowest BCUT2D eigenvalue weighted by molar-refractivity contribution is -0.118. The van der Waals surface area contributed by atoms with Gasteiger partial charge in [0.1, 0.15) is 11.9 Å². The zero-order valence-electron chi connectivity index (χ0n) is 12.4. The Hall–Kier alpha value is -2.32. The molecule has 2 heterocycles. The summed E-state index contributed by atoms with van der Waals surface area (Å²) in [4.78, 5) is 24.8. The lowest BCUT2D eigenvalue weighted by Gasteiger charge is -2.20. The minimum Gasteiger partial charge on any atom is -0.482 e. The van der Waals surface area contributed by atoms with Gasteiger partial charge in [-0.25, -0.2) is 4.79 Å². The van der Waals surface area contributed by atoms with E-state index in [-0.39, 0.29) is 25.2 Å². The third kappa shape index (κ3) is 3.38. The summed E-state index contributed by atoms with van der Waals surface area (Å²) in [5, 5.41) is 20.9. The third-order valence-corrected chi connectivity index (χ3v) is 3.81. The number of hydrogen-bond donors (Lipinski definition) is 3. The molecule has 1 saturated heterocycles. The van der Waals surface area contributed by atoms with Crippen LogP contribution in [0.4, 0.5) is 16.2 Å². The first-order chi connectivity index (χ1) is 11.1.